The SMILES string of the molecule is c1ccc2c3c(cnc2c1)N(C1CCNCC1)CN3. The molecule has 0 aliphatic carbocycles. The van der Waals surface area contributed by atoms with Crippen molar-refractivity contribution in [2.75, 3.05) is 30.0 Å². The Bertz CT molecular complexity index is 604. The number of nitrogens with zero attached hydrogens (tertiary/aromatic N) is 2. The molecular weight excluding hydrogens is 236 g/mol. The number of piperidine rings is 1. The standard InChI is InChI=1S/C15H18N4/c1-2-4-13-12(3-1)15-14(9-17-13)19(10-18-15)11-5-7-16-8-6-11/h1-4,9,11,16,18H,5-8,10H2. The Morgan fingerprint density at radius 3 is 2.89 bits per heavy atom. The average molecular weight is 254 g/mol. The van der Waals surface area contributed by atoms with E-state index in [1.54, 1.807) is 0 Å². The topological polar surface area (TPSA) is 40.2 Å². The van der Waals surface area contributed by atoms with Crippen molar-refractivity contribution in [1.82, 2.24) is 10.3 Å². The molecule has 0 unspecified atom stereocenters. The van der Waals surface area contributed by atoms with Crippen molar-refractivity contribution in [3.05, 3.63) is 30.5 Å². The molecule has 1 fully saturated rings. The van der Waals surface area contributed by atoms with Crippen LogP contribution in [0.4, 0.5) is 11.4 Å². The Hall–Kier alpha value is -1.81. The molecule has 19 heavy (non-hydrogen) atoms. The van der Waals surface area contributed by atoms with Crippen LogP contribution in [0.5, 0.6) is 0 Å². The zero-order valence-corrected chi connectivity index (χ0v) is 10.9. The molecular formula is C15H18N4. The maximum Gasteiger partial charge on any atom is 0.0881 e. The highest BCUT2D eigenvalue weighted by atomic mass is 15.3. The fraction of sp³-hybridized carbons (Fsp3) is 0.400. The summed E-state index contributed by atoms with van der Waals surface area (Å²) in [6.45, 7) is 3.16. The Kier molecular flexibility index (Phi) is 2.55. The molecule has 1 aromatic heterocycles. The van der Waals surface area contributed by atoms with Crippen LogP contribution >= 0.6 is 0 Å². The molecule has 1 aromatic carbocycles. The molecule has 0 amide bonds. The smallest absolute Gasteiger partial charge is 0.0881 e. The minimum absolute atomic E-state index is 0.637. The number of nitrogens with one attached hydrogen (secondary N) is 2. The first kappa shape index (κ1) is 11.1. The van der Waals surface area contributed by atoms with Gasteiger partial charge in [-0.05, 0) is 32.0 Å². The van der Waals surface area contributed by atoms with Crippen molar-refractivity contribution in [3.63, 3.8) is 0 Å². The summed E-state index contributed by atoms with van der Waals surface area (Å²) in [7, 11) is 0. The van der Waals surface area contributed by atoms with E-state index in [2.05, 4.69) is 38.7 Å². The number of hydrogen-bond acceptors (Lipinski definition) is 4. The highest BCUT2D eigenvalue weighted by Crippen LogP contribution is 2.38. The number of benzene rings is 1. The van der Waals surface area contributed by atoms with Crippen molar-refractivity contribution in [2.45, 2.75) is 18.9 Å². The largest absolute Gasteiger partial charge is 0.365 e. The summed E-state index contributed by atoms with van der Waals surface area (Å²) in [6.07, 6.45) is 4.46. The molecule has 0 saturated carbocycles. The van der Waals surface area contributed by atoms with Gasteiger partial charge in [-0.2, -0.15) is 0 Å². The fourth-order valence-corrected chi connectivity index (χ4v) is 3.23. The second-order valence-corrected chi connectivity index (χ2v) is 5.32. The highest BCUT2D eigenvalue weighted by molar-refractivity contribution is 5.99. The Balaban J connectivity index is 1.76. The first-order valence-electron chi connectivity index (χ1n) is 7.02. The van der Waals surface area contributed by atoms with E-state index in [0.717, 1.165) is 25.3 Å². The summed E-state index contributed by atoms with van der Waals surface area (Å²) < 4.78 is 0. The highest BCUT2D eigenvalue weighted by Gasteiger charge is 2.28. The fourth-order valence-electron chi connectivity index (χ4n) is 3.23. The van der Waals surface area contributed by atoms with Crippen molar-refractivity contribution >= 4 is 22.3 Å². The number of fused-ring (bicyclic) bond motifs is 3. The minimum Gasteiger partial charge on any atom is -0.365 e. The third kappa shape index (κ3) is 1.75. The normalized spacial score (nSPS) is 19.5. The van der Waals surface area contributed by atoms with Gasteiger partial charge in [-0.1, -0.05) is 18.2 Å². The first-order chi connectivity index (χ1) is 9.43. The first-order valence-corrected chi connectivity index (χ1v) is 7.02. The Morgan fingerprint density at radius 1 is 1.16 bits per heavy atom. The van der Waals surface area contributed by atoms with Crippen LogP contribution < -0.4 is 15.5 Å². The van der Waals surface area contributed by atoms with Crippen LogP contribution in [0, 0.1) is 0 Å². The van der Waals surface area contributed by atoms with Gasteiger partial charge in [0.25, 0.3) is 0 Å². The van der Waals surface area contributed by atoms with Crippen LogP contribution in [-0.2, 0) is 0 Å². The van der Waals surface area contributed by atoms with Crippen molar-refractivity contribution in [1.29, 1.82) is 0 Å². The van der Waals surface area contributed by atoms with Crippen LogP contribution in [0.2, 0.25) is 0 Å². The molecule has 4 heteroatoms. The molecule has 3 heterocycles. The number of aromatic nitrogens is 1. The van der Waals surface area contributed by atoms with Gasteiger partial charge in [-0.25, -0.2) is 0 Å². The van der Waals surface area contributed by atoms with Gasteiger partial charge in [0.2, 0.25) is 0 Å². The molecule has 0 spiro atoms. The van der Waals surface area contributed by atoms with E-state index in [0.29, 0.717) is 6.04 Å². The molecule has 2 N–H and O–H groups in total. The van der Waals surface area contributed by atoms with Crippen LogP contribution in [0.3, 0.4) is 0 Å². The molecule has 1 saturated heterocycles. The van der Waals surface area contributed by atoms with Gasteiger partial charge in [0.15, 0.2) is 0 Å². The second kappa shape index (κ2) is 4.38. The van der Waals surface area contributed by atoms with Crippen LogP contribution in [0.15, 0.2) is 30.5 Å². The maximum absolute atomic E-state index is 4.60. The van der Waals surface area contributed by atoms with Gasteiger partial charge in [0.1, 0.15) is 0 Å². The Labute approximate surface area is 112 Å². The molecule has 0 bridgehead atoms. The monoisotopic (exact) mass is 254 g/mol. The molecule has 2 aliphatic rings. The summed E-state index contributed by atoms with van der Waals surface area (Å²) in [4.78, 5) is 7.08. The van der Waals surface area contributed by atoms with Crippen LogP contribution in [-0.4, -0.2) is 30.8 Å². The van der Waals surface area contributed by atoms with E-state index < -0.39 is 0 Å². The van der Waals surface area contributed by atoms with Crippen molar-refractivity contribution in [3.8, 4) is 0 Å². The summed E-state index contributed by atoms with van der Waals surface area (Å²) in [5.74, 6) is 0. The molecule has 0 radical (unpaired) electrons. The lowest BCUT2D eigenvalue weighted by Gasteiger charge is -2.32. The summed E-state index contributed by atoms with van der Waals surface area (Å²) >= 11 is 0. The Morgan fingerprint density at radius 2 is 2.00 bits per heavy atom. The van der Waals surface area contributed by atoms with Gasteiger partial charge in [-0.3, -0.25) is 4.98 Å². The number of anilines is 2. The van der Waals surface area contributed by atoms with E-state index in [1.165, 1.54) is 29.6 Å². The van der Waals surface area contributed by atoms with Gasteiger partial charge in [0, 0.05) is 11.4 Å². The lowest BCUT2D eigenvalue weighted by molar-refractivity contribution is 0.438. The second-order valence-electron chi connectivity index (χ2n) is 5.32. The summed E-state index contributed by atoms with van der Waals surface area (Å²) in [6, 6.07) is 8.99. The van der Waals surface area contributed by atoms with Crippen molar-refractivity contribution < 1.29 is 0 Å². The lowest BCUT2D eigenvalue weighted by atomic mass is 10.0. The molecule has 4 nitrogen and oxygen atoms in total. The van der Waals surface area contributed by atoms with E-state index >= 15 is 0 Å². The third-order valence-corrected chi connectivity index (χ3v) is 4.24. The number of hydrogen-bond donors (Lipinski definition) is 2. The lowest BCUT2D eigenvalue weighted by Crippen LogP contribution is -2.43. The number of pyridine rings is 1. The minimum atomic E-state index is 0.637. The van der Waals surface area contributed by atoms with E-state index in [4.69, 9.17) is 0 Å². The quantitative estimate of drug-likeness (QED) is 0.818. The predicted molar refractivity (Wildman–Crippen MR) is 78.6 cm³/mol. The zero-order valence-electron chi connectivity index (χ0n) is 10.9. The predicted octanol–water partition coefficient (Wildman–Crippen LogP) is 2.18. The van der Waals surface area contributed by atoms with E-state index in [-0.39, 0.29) is 0 Å². The molecule has 0 atom stereocenters. The molecule has 4 rings (SSSR count). The third-order valence-electron chi connectivity index (χ3n) is 4.24. The van der Waals surface area contributed by atoms with Gasteiger partial charge < -0.3 is 15.5 Å². The average Bonchev–Trinajstić information content (AvgIpc) is 2.92. The van der Waals surface area contributed by atoms with E-state index in [9.17, 15) is 0 Å². The molecule has 98 valence electrons. The summed E-state index contributed by atoms with van der Waals surface area (Å²) in [5.41, 5.74) is 3.59. The van der Waals surface area contributed by atoms with Crippen LogP contribution in [0.25, 0.3) is 10.9 Å². The van der Waals surface area contributed by atoms with Gasteiger partial charge in [0.05, 0.1) is 29.8 Å². The van der Waals surface area contributed by atoms with Gasteiger partial charge >= 0.3 is 0 Å². The van der Waals surface area contributed by atoms with Gasteiger partial charge in [-0.15, -0.1) is 0 Å². The summed E-state index contributed by atoms with van der Waals surface area (Å²) in [5, 5.41) is 8.22. The maximum atomic E-state index is 4.60. The van der Waals surface area contributed by atoms with Crippen LogP contribution in [0.1, 0.15) is 12.8 Å². The number of rotatable bonds is 1. The van der Waals surface area contributed by atoms with E-state index in [1.807, 2.05) is 12.3 Å². The molecule has 2 aliphatic heterocycles. The van der Waals surface area contributed by atoms with Crippen molar-refractivity contribution in [2.24, 2.45) is 0 Å². The molecule has 2 aromatic rings. The number of para-hydroxylation sites is 1. The zero-order chi connectivity index (χ0) is 12.7.